The highest BCUT2D eigenvalue weighted by Gasteiger charge is 2.24. The quantitative estimate of drug-likeness (QED) is 0.377. The van der Waals surface area contributed by atoms with Crippen molar-refractivity contribution in [1.82, 2.24) is 0 Å². The molecule has 104 valence electrons. The van der Waals surface area contributed by atoms with Crippen LogP contribution in [-0.4, -0.2) is 25.3 Å². The lowest BCUT2D eigenvalue weighted by molar-refractivity contribution is -0.160. The minimum absolute atomic E-state index is 0.223. The van der Waals surface area contributed by atoms with E-state index in [0.29, 0.717) is 0 Å². The molecular formula is C15H26O3. The maximum Gasteiger partial charge on any atom is 0.334 e. The second-order valence-electron chi connectivity index (χ2n) is 4.98. The van der Waals surface area contributed by atoms with Crippen LogP contribution in [0.2, 0.25) is 0 Å². The molecule has 1 fully saturated rings. The van der Waals surface area contributed by atoms with Crippen LogP contribution < -0.4 is 0 Å². The van der Waals surface area contributed by atoms with Gasteiger partial charge in [-0.2, -0.15) is 0 Å². The van der Waals surface area contributed by atoms with Gasteiger partial charge in [0.05, 0.1) is 13.2 Å². The normalized spacial score (nSPS) is 18.3. The zero-order chi connectivity index (χ0) is 13.2. The van der Waals surface area contributed by atoms with Crippen LogP contribution in [0, 0.1) is 0 Å². The average Bonchev–Trinajstić information content (AvgIpc) is 2.42. The lowest BCUT2D eigenvalue weighted by atomic mass is 9.97. The highest BCUT2D eigenvalue weighted by Crippen LogP contribution is 2.23. The summed E-state index contributed by atoms with van der Waals surface area (Å²) in [7, 11) is 1.43. The van der Waals surface area contributed by atoms with Crippen LogP contribution in [0.5, 0.6) is 0 Å². The van der Waals surface area contributed by atoms with E-state index in [1.165, 1.54) is 26.4 Å². The van der Waals surface area contributed by atoms with Gasteiger partial charge in [-0.25, -0.2) is 4.79 Å². The van der Waals surface area contributed by atoms with Crippen LogP contribution in [-0.2, 0) is 14.3 Å². The Morgan fingerprint density at radius 3 is 2.67 bits per heavy atom. The fourth-order valence-electron chi connectivity index (χ4n) is 2.42. The zero-order valence-corrected chi connectivity index (χ0v) is 11.5. The lowest BCUT2D eigenvalue weighted by Gasteiger charge is -2.26. The van der Waals surface area contributed by atoms with E-state index in [9.17, 15) is 4.79 Å². The second-order valence-corrected chi connectivity index (χ2v) is 4.98. The number of ether oxygens (including phenoxy) is 2. The molecule has 1 rings (SSSR count). The summed E-state index contributed by atoms with van der Waals surface area (Å²) in [6.07, 6.45) is 11.5. The molecule has 1 atom stereocenters. The van der Waals surface area contributed by atoms with E-state index in [2.05, 4.69) is 6.58 Å². The average molecular weight is 254 g/mol. The van der Waals surface area contributed by atoms with Crippen molar-refractivity contribution in [2.24, 2.45) is 0 Å². The number of unbranched alkanes of at least 4 members (excludes halogenated alkanes) is 2. The number of allylic oxidation sites excluding steroid dienone is 1. The molecule has 3 heteroatoms. The lowest BCUT2D eigenvalue weighted by Crippen LogP contribution is -2.31. The van der Waals surface area contributed by atoms with E-state index in [0.717, 1.165) is 38.5 Å². The maximum absolute atomic E-state index is 11.7. The molecule has 0 aliphatic heterocycles. The molecule has 1 aliphatic rings. The van der Waals surface area contributed by atoms with Gasteiger partial charge in [0.25, 0.3) is 0 Å². The Balaban J connectivity index is 2.34. The van der Waals surface area contributed by atoms with Gasteiger partial charge in [0.15, 0.2) is 6.10 Å². The van der Waals surface area contributed by atoms with Gasteiger partial charge in [-0.3, -0.25) is 0 Å². The third-order valence-electron chi connectivity index (χ3n) is 3.50. The summed E-state index contributed by atoms with van der Waals surface area (Å²) in [5.74, 6) is -0.223. The van der Waals surface area contributed by atoms with Gasteiger partial charge >= 0.3 is 5.97 Å². The van der Waals surface area contributed by atoms with Crippen molar-refractivity contribution >= 4 is 5.97 Å². The number of rotatable bonds is 8. The number of carbonyl (C=O) groups excluding carboxylic acids is 1. The van der Waals surface area contributed by atoms with Crippen molar-refractivity contribution in [2.45, 2.75) is 70.0 Å². The van der Waals surface area contributed by atoms with E-state index in [-0.39, 0.29) is 18.2 Å². The Labute approximate surface area is 111 Å². The molecule has 0 aromatic rings. The predicted molar refractivity (Wildman–Crippen MR) is 72.4 cm³/mol. The molecule has 18 heavy (non-hydrogen) atoms. The first-order chi connectivity index (χ1) is 8.77. The second kappa shape index (κ2) is 9.15. The Morgan fingerprint density at radius 1 is 1.33 bits per heavy atom. The minimum Gasteiger partial charge on any atom is -0.467 e. The van der Waals surface area contributed by atoms with Gasteiger partial charge in [-0.1, -0.05) is 25.3 Å². The van der Waals surface area contributed by atoms with Crippen LogP contribution >= 0.6 is 0 Å². The molecule has 1 saturated carbocycles. The molecule has 0 radical (unpaired) electrons. The van der Waals surface area contributed by atoms with Gasteiger partial charge in [0.1, 0.15) is 0 Å². The van der Waals surface area contributed by atoms with Crippen molar-refractivity contribution in [3.05, 3.63) is 12.7 Å². The molecule has 0 spiro atoms. The number of hydrogen-bond donors (Lipinski definition) is 0. The van der Waals surface area contributed by atoms with Crippen molar-refractivity contribution in [1.29, 1.82) is 0 Å². The van der Waals surface area contributed by atoms with Crippen molar-refractivity contribution in [2.75, 3.05) is 7.11 Å². The van der Waals surface area contributed by atoms with Crippen molar-refractivity contribution < 1.29 is 14.3 Å². The van der Waals surface area contributed by atoms with Crippen LogP contribution in [0.4, 0.5) is 0 Å². The Hall–Kier alpha value is -0.830. The smallest absolute Gasteiger partial charge is 0.334 e. The maximum atomic E-state index is 11.7. The first-order valence-corrected chi connectivity index (χ1v) is 7.12. The van der Waals surface area contributed by atoms with E-state index < -0.39 is 0 Å². The van der Waals surface area contributed by atoms with E-state index >= 15 is 0 Å². The summed E-state index contributed by atoms with van der Waals surface area (Å²) in [5.41, 5.74) is 0. The fraction of sp³-hybridized carbons (Fsp3) is 0.800. The molecule has 0 saturated heterocycles. The molecule has 0 amide bonds. The Kier molecular flexibility index (Phi) is 7.74. The number of carbonyl (C=O) groups is 1. The van der Waals surface area contributed by atoms with Gasteiger partial charge in [-0.05, 0) is 38.5 Å². The molecule has 0 bridgehead atoms. The van der Waals surface area contributed by atoms with Crippen LogP contribution in [0.3, 0.4) is 0 Å². The molecular weight excluding hydrogens is 228 g/mol. The number of hydrogen-bond acceptors (Lipinski definition) is 3. The third kappa shape index (κ3) is 5.67. The van der Waals surface area contributed by atoms with Crippen molar-refractivity contribution in [3.8, 4) is 0 Å². The largest absolute Gasteiger partial charge is 0.467 e. The monoisotopic (exact) mass is 254 g/mol. The highest BCUT2D eigenvalue weighted by atomic mass is 16.6. The first-order valence-electron chi connectivity index (χ1n) is 7.12. The Morgan fingerprint density at radius 2 is 2.06 bits per heavy atom. The summed E-state index contributed by atoms with van der Waals surface area (Å²) in [5, 5.41) is 0. The summed E-state index contributed by atoms with van der Waals surface area (Å²) in [6.45, 7) is 3.70. The molecule has 1 unspecified atom stereocenters. The van der Waals surface area contributed by atoms with Crippen LogP contribution in [0.1, 0.15) is 57.8 Å². The van der Waals surface area contributed by atoms with Crippen LogP contribution in [0.15, 0.2) is 12.7 Å². The highest BCUT2D eigenvalue weighted by molar-refractivity contribution is 5.74. The van der Waals surface area contributed by atoms with E-state index in [1.54, 1.807) is 0 Å². The number of methoxy groups -OCH3 is 1. The standard InChI is InChI=1S/C15H26O3/c1-3-4-5-9-12-14(15(16)17-2)18-13-10-7-6-8-11-13/h3,13-14H,1,4-12H2,2H3. The minimum atomic E-state index is -0.372. The van der Waals surface area contributed by atoms with Crippen LogP contribution in [0.25, 0.3) is 0 Å². The van der Waals surface area contributed by atoms with Crippen molar-refractivity contribution in [3.63, 3.8) is 0 Å². The summed E-state index contributed by atoms with van der Waals surface area (Å²) in [6, 6.07) is 0. The van der Waals surface area contributed by atoms with Gasteiger partial charge < -0.3 is 9.47 Å². The van der Waals surface area contributed by atoms with E-state index in [1.807, 2.05) is 6.08 Å². The molecule has 0 aromatic heterocycles. The van der Waals surface area contributed by atoms with E-state index in [4.69, 9.17) is 9.47 Å². The SMILES string of the molecule is C=CCCCCC(OC1CCCCC1)C(=O)OC. The van der Waals surface area contributed by atoms with Gasteiger partial charge in [0.2, 0.25) is 0 Å². The molecule has 0 aromatic carbocycles. The molecule has 3 nitrogen and oxygen atoms in total. The van der Waals surface area contributed by atoms with Gasteiger partial charge in [0, 0.05) is 0 Å². The first kappa shape index (κ1) is 15.2. The summed E-state index contributed by atoms with van der Waals surface area (Å²) >= 11 is 0. The molecule has 0 N–H and O–H groups in total. The summed E-state index contributed by atoms with van der Waals surface area (Å²) < 4.78 is 10.8. The third-order valence-corrected chi connectivity index (χ3v) is 3.50. The molecule has 1 aliphatic carbocycles. The zero-order valence-electron chi connectivity index (χ0n) is 11.5. The number of esters is 1. The Bertz CT molecular complexity index is 244. The predicted octanol–water partition coefficient (Wildman–Crippen LogP) is 3.62. The molecule has 0 heterocycles. The fourth-order valence-corrected chi connectivity index (χ4v) is 2.42. The van der Waals surface area contributed by atoms with Gasteiger partial charge in [-0.15, -0.1) is 6.58 Å². The summed E-state index contributed by atoms with van der Waals surface area (Å²) in [4.78, 5) is 11.7. The topological polar surface area (TPSA) is 35.5 Å².